The Bertz CT molecular complexity index is 503. The van der Waals surface area contributed by atoms with Gasteiger partial charge in [-0.05, 0) is 11.1 Å². The number of hydrogen-bond donors (Lipinski definition) is 1. The fraction of sp³-hybridized carbons (Fsp3) is 0.333. The molecular formula is C12H14N4. The fourth-order valence-corrected chi connectivity index (χ4v) is 2.25. The van der Waals surface area contributed by atoms with Crippen LogP contribution in [0.15, 0.2) is 30.6 Å². The summed E-state index contributed by atoms with van der Waals surface area (Å²) in [5.74, 6) is 1.02. The molecule has 1 atom stereocenters. The molecule has 16 heavy (non-hydrogen) atoms. The lowest BCUT2D eigenvalue weighted by atomic mass is 10.0. The van der Waals surface area contributed by atoms with Gasteiger partial charge in [-0.2, -0.15) is 5.10 Å². The molecule has 0 aliphatic carbocycles. The molecule has 0 fully saturated rings. The van der Waals surface area contributed by atoms with Gasteiger partial charge in [-0.25, -0.2) is 4.98 Å². The summed E-state index contributed by atoms with van der Waals surface area (Å²) in [5, 5.41) is 7.60. The molecule has 82 valence electrons. The van der Waals surface area contributed by atoms with Gasteiger partial charge in [0, 0.05) is 26.1 Å². The van der Waals surface area contributed by atoms with Gasteiger partial charge in [-0.3, -0.25) is 4.68 Å². The predicted molar refractivity (Wildman–Crippen MR) is 60.7 cm³/mol. The Morgan fingerprint density at radius 3 is 3.12 bits per heavy atom. The maximum atomic E-state index is 4.26. The molecule has 1 aromatic carbocycles. The number of rotatable bonds is 2. The third-order valence-electron chi connectivity index (χ3n) is 3.16. The first kappa shape index (κ1) is 9.54. The van der Waals surface area contributed by atoms with E-state index >= 15 is 0 Å². The zero-order valence-corrected chi connectivity index (χ0v) is 9.22. The van der Waals surface area contributed by atoms with Crippen LogP contribution < -0.4 is 5.32 Å². The lowest BCUT2D eigenvalue weighted by Crippen LogP contribution is -2.16. The van der Waals surface area contributed by atoms with Gasteiger partial charge in [0.15, 0.2) is 0 Å². The molecule has 1 aromatic heterocycles. The Hall–Kier alpha value is -1.68. The molecule has 4 nitrogen and oxygen atoms in total. The van der Waals surface area contributed by atoms with E-state index in [1.54, 1.807) is 6.33 Å². The first-order valence-corrected chi connectivity index (χ1v) is 5.48. The van der Waals surface area contributed by atoms with Crippen LogP contribution in [0.5, 0.6) is 0 Å². The van der Waals surface area contributed by atoms with Gasteiger partial charge >= 0.3 is 0 Å². The van der Waals surface area contributed by atoms with Crippen LogP contribution in [-0.2, 0) is 20.0 Å². The smallest absolute Gasteiger partial charge is 0.138 e. The van der Waals surface area contributed by atoms with Crippen LogP contribution in [0.3, 0.4) is 0 Å². The van der Waals surface area contributed by atoms with Crippen molar-refractivity contribution in [3.05, 3.63) is 47.5 Å². The molecule has 1 aliphatic rings. The van der Waals surface area contributed by atoms with Crippen molar-refractivity contribution in [1.29, 1.82) is 0 Å². The first-order valence-electron chi connectivity index (χ1n) is 5.48. The summed E-state index contributed by atoms with van der Waals surface area (Å²) >= 11 is 0. The number of fused-ring (bicyclic) bond motifs is 1. The number of benzene rings is 1. The molecule has 1 N–H and O–H groups in total. The Balaban J connectivity index is 1.86. The summed E-state index contributed by atoms with van der Waals surface area (Å²) in [5.41, 5.74) is 2.79. The summed E-state index contributed by atoms with van der Waals surface area (Å²) in [6.45, 7) is 0.957. The van der Waals surface area contributed by atoms with E-state index in [1.807, 2.05) is 11.7 Å². The van der Waals surface area contributed by atoms with Gasteiger partial charge in [0.05, 0.1) is 0 Å². The van der Waals surface area contributed by atoms with E-state index in [9.17, 15) is 0 Å². The first-order chi connectivity index (χ1) is 7.84. The maximum Gasteiger partial charge on any atom is 0.138 e. The predicted octanol–water partition coefficient (Wildman–Crippen LogP) is 1.20. The minimum Gasteiger partial charge on any atom is -0.305 e. The van der Waals surface area contributed by atoms with E-state index in [1.165, 1.54) is 11.1 Å². The van der Waals surface area contributed by atoms with Crippen LogP contribution >= 0.6 is 0 Å². The van der Waals surface area contributed by atoms with E-state index in [2.05, 4.69) is 39.7 Å². The molecule has 3 rings (SSSR count). The van der Waals surface area contributed by atoms with Gasteiger partial charge in [-0.1, -0.05) is 24.3 Å². The average molecular weight is 214 g/mol. The molecular weight excluding hydrogens is 200 g/mol. The molecule has 1 aliphatic heterocycles. The minimum absolute atomic E-state index is 0.374. The van der Waals surface area contributed by atoms with Gasteiger partial charge in [0.2, 0.25) is 0 Å². The second-order valence-electron chi connectivity index (χ2n) is 4.14. The Morgan fingerprint density at radius 2 is 2.31 bits per heavy atom. The Labute approximate surface area is 94.3 Å². The number of nitrogens with zero attached hydrogens (tertiary/aromatic N) is 3. The highest BCUT2D eigenvalue weighted by molar-refractivity contribution is 5.34. The normalized spacial score (nSPS) is 18.7. The molecule has 2 aromatic rings. The van der Waals surface area contributed by atoms with Gasteiger partial charge in [0.25, 0.3) is 0 Å². The van der Waals surface area contributed by atoms with Gasteiger partial charge in [0.1, 0.15) is 12.2 Å². The van der Waals surface area contributed by atoms with Crippen molar-refractivity contribution < 1.29 is 0 Å². The number of aryl methyl sites for hydroxylation is 1. The highest BCUT2D eigenvalue weighted by Crippen LogP contribution is 2.26. The van der Waals surface area contributed by atoms with E-state index in [-0.39, 0.29) is 0 Å². The van der Waals surface area contributed by atoms with Crippen LogP contribution in [-0.4, -0.2) is 14.8 Å². The maximum absolute atomic E-state index is 4.26. The number of hydrogen-bond acceptors (Lipinski definition) is 3. The molecule has 0 bridgehead atoms. The number of aromatic nitrogens is 3. The largest absolute Gasteiger partial charge is 0.305 e. The standard InChI is InChI=1S/C12H14N4/c1-16-12(14-8-15-16)6-11-10-5-3-2-4-9(10)7-13-11/h2-5,8,11,13H,6-7H2,1H3. The van der Waals surface area contributed by atoms with Crippen LogP contribution in [0.25, 0.3) is 0 Å². The summed E-state index contributed by atoms with van der Waals surface area (Å²) in [4.78, 5) is 4.26. The highest BCUT2D eigenvalue weighted by Gasteiger charge is 2.22. The van der Waals surface area contributed by atoms with Crippen molar-refractivity contribution in [2.45, 2.75) is 19.0 Å². The highest BCUT2D eigenvalue weighted by atomic mass is 15.3. The van der Waals surface area contributed by atoms with Crippen molar-refractivity contribution in [2.24, 2.45) is 7.05 Å². The zero-order chi connectivity index (χ0) is 11.0. The molecule has 0 saturated heterocycles. The third-order valence-corrected chi connectivity index (χ3v) is 3.16. The fourth-order valence-electron chi connectivity index (χ4n) is 2.25. The molecule has 0 spiro atoms. The SMILES string of the molecule is Cn1ncnc1CC1NCc2ccccc21. The van der Waals surface area contributed by atoms with Crippen molar-refractivity contribution >= 4 is 0 Å². The van der Waals surface area contributed by atoms with E-state index in [0.29, 0.717) is 6.04 Å². The quantitative estimate of drug-likeness (QED) is 0.817. The molecule has 0 radical (unpaired) electrons. The van der Waals surface area contributed by atoms with Crippen LogP contribution in [0.2, 0.25) is 0 Å². The average Bonchev–Trinajstić information content (AvgIpc) is 2.88. The lowest BCUT2D eigenvalue weighted by Gasteiger charge is -2.10. The summed E-state index contributed by atoms with van der Waals surface area (Å²) in [6, 6.07) is 8.93. The monoisotopic (exact) mass is 214 g/mol. The lowest BCUT2D eigenvalue weighted by molar-refractivity contribution is 0.547. The van der Waals surface area contributed by atoms with E-state index < -0.39 is 0 Å². The third kappa shape index (κ3) is 1.51. The minimum atomic E-state index is 0.374. The number of nitrogens with one attached hydrogen (secondary N) is 1. The van der Waals surface area contributed by atoms with Crippen molar-refractivity contribution in [3.63, 3.8) is 0 Å². The van der Waals surface area contributed by atoms with E-state index in [0.717, 1.165) is 18.8 Å². The summed E-state index contributed by atoms with van der Waals surface area (Å²) in [6.07, 6.45) is 2.50. The van der Waals surface area contributed by atoms with Gasteiger partial charge < -0.3 is 5.32 Å². The van der Waals surface area contributed by atoms with Crippen molar-refractivity contribution in [1.82, 2.24) is 20.1 Å². The molecule has 0 amide bonds. The van der Waals surface area contributed by atoms with E-state index in [4.69, 9.17) is 0 Å². The summed E-state index contributed by atoms with van der Waals surface area (Å²) < 4.78 is 1.84. The molecule has 1 unspecified atom stereocenters. The van der Waals surface area contributed by atoms with Crippen molar-refractivity contribution in [3.8, 4) is 0 Å². The van der Waals surface area contributed by atoms with Crippen LogP contribution in [0.4, 0.5) is 0 Å². The van der Waals surface area contributed by atoms with Crippen LogP contribution in [0.1, 0.15) is 23.0 Å². The topological polar surface area (TPSA) is 42.7 Å². The zero-order valence-electron chi connectivity index (χ0n) is 9.22. The summed E-state index contributed by atoms with van der Waals surface area (Å²) in [7, 11) is 1.93. The molecule has 2 heterocycles. The van der Waals surface area contributed by atoms with Crippen molar-refractivity contribution in [2.75, 3.05) is 0 Å². The van der Waals surface area contributed by atoms with Gasteiger partial charge in [-0.15, -0.1) is 0 Å². The second kappa shape index (κ2) is 3.72. The molecule has 4 heteroatoms. The Kier molecular flexibility index (Phi) is 2.22. The molecule has 0 saturated carbocycles. The second-order valence-corrected chi connectivity index (χ2v) is 4.14. The van der Waals surface area contributed by atoms with Crippen LogP contribution in [0, 0.1) is 0 Å². The Morgan fingerprint density at radius 1 is 1.44 bits per heavy atom.